The maximum atomic E-state index is 13.1. The van der Waals surface area contributed by atoms with Crippen LogP contribution in [0, 0.1) is 23.7 Å². The number of anilines is 1. The van der Waals surface area contributed by atoms with Crippen LogP contribution in [0.1, 0.15) is 17.7 Å². The van der Waals surface area contributed by atoms with Crippen LogP contribution in [-0.2, 0) is 4.79 Å². The van der Waals surface area contributed by atoms with Gasteiger partial charge in [-0.15, -0.1) is 0 Å². The first-order valence-corrected chi connectivity index (χ1v) is 6.14. The molecule has 1 aromatic heterocycles. The van der Waals surface area contributed by atoms with Crippen molar-refractivity contribution in [1.29, 1.82) is 5.26 Å². The molecule has 1 fully saturated rings. The first-order valence-electron chi connectivity index (χ1n) is 6.14. The average molecular weight is 299 g/mol. The third kappa shape index (κ3) is 2.39. The van der Waals surface area contributed by atoms with Gasteiger partial charge in [0, 0.05) is 18.8 Å². The zero-order chi connectivity index (χ0) is 15.8. The number of nitrogens with zero attached hydrogens (tertiary/aromatic N) is 3. The Hall–Kier alpha value is -2.30. The second-order valence-corrected chi connectivity index (χ2v) is 4.99. The van der Waals surface area contributed by atoms with Crippen LogP contribution < -0.4 is 4.90 Å². The Morgan fingerprint density at radius 3 is 2.67 bits per heavy atom. The number of nitriles is 1. The summed E-state index contributed by atoms with van der Waals surface area (Å²) in [6.45, 7) is 0.794. The van der Waals surface area contributed by atoms with E-state index in [0.29, 0.717) is 5.69 Å². The molecule has 1 atom stereocenters. The Balaban J connectivity index is 2.41. The molecule has 1 saturated heterocycles. The van der Waals surface area contributed by atoms with Gasteiger partial charge in [0.05, 0.1) is 5.56 Å². The highest BCUT2D eigenvalue weighted by molar-refractivity contribution is 5.78. The number of carboxylic acid groups (broad SMARTS) is 1. The predicted molar refractivity (Wildman–Crippen MR) is 66.6 cm³/mol. The van der Waals surface area contributed by atoms with Gasteiger partial charge in [0.25, 0.3) is 0 Å². The van der Waals surface area contributed by atoms with Gasteiger partial charge in [0.2, 0.25) is 0 Å². The third-order valence-corrected chi connectivity index (χ3v) is 3.66. The SMILES string of the molecule is Cc1ccc(C#N)c(N2CCC(C(=O)O)(C(F)(F)F)C2)n1. The fourth-order valence-electron chi connectivity index (χ4n) is 2.39. The van der Waals surface area contributed by atoms with Gasteiger partial charge >= 0.3 is 12.1 Å². The number of aromatic nitrogens is 1. The summed E-state index contributed by atoms with van der Waals surface area (Å²) in [5, 5.41) is 18.0. The van der Waals surface area contributed by atoms with E-state index >= 15 is 0 Å². The van der Waals surface area contributed by atoms with Gasteiger partial charge in [-0.1, -0.05) is 0 Å². The molecule has 0 bridgehead atoms. The zero-order valence-electron chi connectivity index (χ0n) is 11.1. The van der Waals surface area contributed by atoms with Crippen LogP contribution >= 0.6 is 0 Å². The molecule has 1 aliphatic rings. The molecule has 1 aliphatic heterocycles. The lowest BCUT2D eigenvalue weighted by Crippen LogP contribution is -2.47. The van der Waals surface area contributed by atoms with E-state index in [1.807, 2.05) is 6.07 Å². The average Bonchev–Trinajstić information content (AvgIpc) is 2.84. The third-order valence-electron chi connectivity index (χ3n) is 3.66. The Kier molecular flexibility index (Phi) is 3.53. The Morgan fingerprint density at radius 2 is 2.19 bits per heavy atom. The van der Waals surface area contributed by atoms with Gasteiger partial charge in [0.15, 0.2) is 5.41 Å². The van der Waals surface area contributed by atoms with Crippen molar-refractivity contribution in [3.05, 3.63) is 23.4 Å². The molecule has 1 unspecified atom stereocenters. The summed E-state index contributed by atoms with van der Waals surface area (Å²) >= 11 is 0. The summed E-state index contributed by atoms with van der Waals surface area (Å²) in [5.41, 5.74) is -2.14. The molecule has 8 heteroatoms. The summed E-state index contributed by atoms with van der Waals surface area (Å²) in [6.07, 6.45) is -5.42. The molecule has 21 heavy (non-hydrogen) atoms. The van der Waals surface area contributed by atoms with Gasteiger partial charge < -0.3 is 10.0 Å². The molecule has 112 valence electrons. The topological polar surface area (TPSA) is 77.2 Å². The van der Waals surface area contributed by atoms with Crippen molar-refractivity contribution >= 4 is 11.8 Å². The molecule has 0 spiro atoms. The largest absolute Gasteiger partial charge is 0.481 e. The lowest BCUT2D eigenvalue weighted by molar-refractivity contribution is -0.225. The number of carbonyl (C=O) groups is 1. The number of halogens is 3. The van der Waals surface area contributed by atoms with E-state index in [1.54, 1.807) is 13.0 Å². The van der Waals surface area contributed by atoms with E-state index in [-0.39, 0.29) is 17.9 Å². The number of carboxylic acids is 1. The molecule has 0 radical (unpaired) electrons. The van der Waals surface area contributed by atoms with Gasteiger partial charge in [0.1, 0.15) is 11.9 Å². The van der Waals surface area contributed by atoms with E-state index in [1.165, 1.54) is 11.0 Å². The lowest BCUT2D eigenvalue weighted by Gasteiger charge is -2.27. The van der Waals surface area contributed by atoms with Gasteiger partial charge in [-0.25, -0.2) is 4.98 Å². The van der Waals surface area contributed by atoms with Crippen LogP contribution in [0.15, 0.2) is 12.1 Å². The quantitative estimate of drug-likeness (QED) is 0.905. The monoisotopic (exact) mass is 299 g/mol. The van der Waals surface area contributed by atoms with Crippen molar-refractivity contribution in [1.82, 2.24) is 4.98 Å². The summed E-state index contributed by atoms with van der Waals surface area (Å²) < 4.78 is 39.4. The van der Waals surface area contributed by atoms with Gasteiger partial charge in [-0.2, -0.15) is 18.4 Å². The second kappa shape index (κ2) is 4.91. The number of hydrogen-bond donors (Lipinski definition) is 1. The Labute approximate surface area is 118 Å². The van der Waals surface area contributed by atoms with Crippen molar-refractivity contribution in [3.63, 3.8) is 0 Å². The second-order valence-electron chi connectivity index (χ2n) is 4.99. The summed E-state index contributed by atoms with van der Waals surface area (Å²) in [6, 6.07) is 4.90. The van der Waals surface area contributed by atoms with E-state index in [0.717, 1.165) is 0 Å². The molecule has 0 saturated carbocycles. The zero-order valence-corrected chi connectivity index (χ0v) is 11.1. The Morgan fingerprint density at radius 1 is 1.52 bits per heavy atom. The highest BCUT2D eigenvalue weighted by Gasteiger charge is 2.64. The highest BCUT2D eigenvalue weighted by Crippen LogP contribution is 2.46. The highest BCUT2D eigenvalue weighted by atomic mass is 19.4. The molecule has 0 aliphatic carbocycles. The molecule has 1 N–H and O–H groups in total. The maximum Gasteiger partial charge on any atom is 0.406 e. The van der Waals surface area contributed by atoms with Crippen LogP contribution in [0.4, 0.5) is 19.0 Å². The molecular weight excluding hydrogens is 287 g/mol. The fraction of sp³-hybridized carbons (Fsp3) is 0.462. The van der Waals surface area contributed by atoms with Crippen LogP contribution in [-0.4, -0.2) is 35.3 Å². The van der Waals surface area contributed by atoms with Crippen LogP contribution in [0.2, 0.25) is 0 Å². The van der Waals surface area contributed by atoms with Gasteiger partial charge in [-0.3, -0.25) is 4.79 Å². The molecular formula is C13H12F3N3O2. The first-order chi connectivity index (χ1) is 9.71. The number of alkyl halides is 3. The molecule has 2 heterocycles. The number of hydrogen-bond acceptors (Lipinski definition) is 4. The summed E-state index contributed by atoms with van der Waals surface area (Å²) in [4.78, 5) is 16.4. The smallest absolute Gasteiger partial charge is 0.406 e. The fourth-order valence-corrected chi connectivity index (χ4v) is 2.39. The van der Waals surface area contributed by atoms with E-state index < -0.39 is 30.5 Å². The molecule has 5 nitrogen and oxygen atoms in total. The normalized spacial score (nSPS) is 22.1. The van der Waals surface area contributed by atoms with Gasteiger partial charge in [-0.05, 0) is 25.5 Å². The standard InChI is InChI=1S/C13H12F3N3O2/c1-8-2-3-9(6-17)10(18-8)19-5-4-12(7-19,11(20)21)13(14,15)16/h2-3H,4-5,7H2,1H3,(H,20,21). The van der Waals surface area contributed by atoms with Crippen molar-refractivity contribution in [3.8, 4) is 6.07 Å². The molecule has 0 aromatic carbocycles. The number of pyridine rings is 1. The van der Waals surface area contributed by atoms with E-state index in [4.69, 9.17) is 10.4 Å². The van der Waals surface area contributed by atoms with E-state index in [2.05, 4.69) is 4.98 Å². The first kappa shape index (κ1) is 15.1. The molecule has 1 aromatic rings. The van der Waals surface area contributed by atoms with Crippen molar-refractivity contribution in [2.24, 2.45) is 5.41 Å². The van der Waals surface area contributed by atoms with E-state index in [9.17, 15) is 18.0 Å². The molecule has 2 rings (SSSR count). The summed E-state index contributed by atoms with van der Waals surface area (Å²) in [7, 11) is 0. The molecule has 0 amide bonds. The van der Waals surface area contributed by atoms with Crippen molar-refractivity contribution < 1.29 is 23.1 Å². The number of rotatable bonds is 2. The van der Waals surface area contributed by atoms with Crippen LogP contribution in [0.5, 0.6) is 0 Å². The summed E-state index contributed by atoms with van der Waals surface area (Å²) in [5.74, 6) is -1.80. The Bertz CT molecular complexity index is 624. The number of aryl methyl sites for hydroxylation is 1. The number of aliphatic carboxylic acids is 1. The minimum atomic E-state index is -4.86. The predicted octanol–water partition coefficient (Wildman–Crippen LogP) is 2.11. The minimum absolute atomic E-state index is 0.102. The minimum Gasteiger partial charge on any atom is -0.481 e. The van der Waals surface area contributed by atoms with Crippen LogP contribution in [0.3, 0.4) is 0 Å². The maximum absolute atomic E-state index is 13.1. The van der Waals surface area contributed by atoms with Crippen molar-refractivity contribution in [2.45, 2.75) is 19.5 Å². The van der Waals surface area contributed by atoms with Crippen molar-refractivity contribution in [2.75, 3.05) is 18.0 Å². The van der Waals surface area contributed by atoms with Crippen LogP contribution in [0.25, 0.3) is 0 Å². The lowest BCUT2D eigenvalue weighted by atomic mass is 9.86.